The molecule has 0 spiro atoms. The Morgan fingerprint density at radius 1 is 1.21 bits per heavy atom. The summed E-state index contributed by atoms with van der Waals surface area (Å²) in [4.78, 5) is 15.3. The Balaban J connectivity index is 3.32. The first-order valence-electron chi connectivity index (χ1n) is 4.95. The van der Waals surface area contributed by atoms with Crippen LogP contribution in [0, 0.1) is 0 Å². The van der Waals surface area contributed by atoms with Gasteiger partial charge in [0.2, 0.25) is 5.96 Å². The van der Waals surface area contributed by atoms with Gasteiger partial charge in [0.25, 0.3) is 0 Å². The van der Waals surface area contributed by atoms with Crippen LogP contribution in [0.15, 0.2) is 5.16 Å². The molecule has 0 aromatic carbocycles. The summed E-state index contributed by atoms with van der Waals surface area (Å²) in [6, 6.07) is 0. The van der Waals surface area contributed by atoms with E-state index in [1.165, 1.54) is 12.8 Å². The molecule has 0 unspecified atom stereocenters. The predicted molar refractivity (Wildman–Crippen MR) is 55.3 cm³/mol. The molecule has 14 heavy (non-hydrogen) atoms. The molecule has 5 nitrogen and oxygen atoms in total. The number of nitrogens with two attached hydrogens (primary N) is 2. The van der Waals surface area contributed by atoms with Crippen LogP contribution >= 0.6 is 0 Å². The molecule has 0 fully saturated rings. The maximum Gasteiger partial charge on any atom is 0.335 e. The van der Waals surface area contributed by atoms with Gasteiger partial charge in [-0.1, -0.05) is 32.6 Å². The third-order valence-electron chi connectivity index (χ3n) is 1.74. The Morgan fingerprint density at radius 2 is 1.86 bits per heavy atom. The summed E-state index contributed by atoms with van der Waals surface area (Å²) in [6.45, 7) is 2.15. The van der Waals surface area contributed by atoms with Crippen LogP contribution in [0.1, 0.15) is 45.4 Å². The molecule has 82 valence electrons. The van der Waals surface area contributed by atoms with Crippen LogP contribution in [-0.2, 0) is 9.63 Å². The predicted octanol–water partition coefficient (Wildman–Crippen LogP) is 1.08. The van der Waals surface area contributed by atoms with E-state index in [9.17, 15) is 4.79 Å². The molecule has 0 aliphatic heterocycles. The minimum Gasteiger partial charge on any atom is -0.367 e. The van der Waals surface area contributed by atoms with Crippen molar-refractivity contribution in [3.8, 4) is 0 Å². The van der Waals surface area contributed by atoms with E-state index in [0.29, 0.717) is 6.42 Å². The first-order chi connectivity index (χ1) is 6.66. The number of nitrogens with zero attached hydrogens (tertiary/aromatic N) is 1. The lowest BCUT2D eigenvalue weighted by atomic mass is 10.1. The molecule has 0 rings (SSSR count). The van der Waals surface area contributed by atoms with Gasteiger partial charge in [0, 0.05) is 6.42 Å². The van der Waals surface area contributed by atoms with Gasteiger partial charge in [-0.15, -0.1) is 0 Å². The molecule has 4 N–H and O–H groups in total. The normalized spacial score (nSPS) is 9.50. The first kappa shape index (κ1) is 12.7. The second kappa shape index (κ2) is 8.34. The number of carbonyl (C=O) groups is 1. The summed E-state index contributed by atoms with van der Waals surface area (Å²) in [5, 5.41) is 3.16. The van der Waals surface area contributed by atoms with Crippen LogP contribution in [0.2, 0.25) is 0 Å². The molecule has 0 heterocycles. The average molecular weight is 201 g/mol. The van der Waals surface area contributed by atoms with E-state index < -0.39 is 0 Å². The number of rotatable bonds is 7. The number of guanidine groups is 1. The fourth-order valence-corrected chi connectivity index (χ4v) is 1.02. The van der Waals surface area contributed by atoms with Crippen molar-refractivity contribution in [2.45, 2.75) is 45.4 Å². The number of unbranched alkanes of at least 4 members (excludes halogenated alkanes) is 4. The average Bonchev–Trinajstić information content (AvgIpc) is 2.14. The van der Waals surface area contributed by atoms with Crippen LogP contribution < -0.4 is 11.5 Å². The van der Waals surface area contributed by atoms with Gasteiger partial charge in [-0.25, -0.2) is 4.79 Å². The fourth-order valence-electron chi connectivity index (χ4n) is 1.02. The third kappa shape index (κ3) is 8.83. The van der Waals surface area contributed by atoms with Gasteiger partial charge < -0.3 is 16.3 Å². The topological polar surface area (TPSA) is 90.7 Å². The summed E-state index contributed by atoms with van der Waals surface area (Å²) >= 11 is 0. The van der Waals surface area contributed by atoms with E-state index >= 15 is 0 Å². The van der Waals surface area contributed by atoms with Crippen molar-refractivity contribution in [3.05, 3.63) is 0 Å². The Hall–Kier alpha value is -1.26. The van der Waals surface area contributed by atoms with Crippen molar-refractivity contribution in [1.29, 1.82) is 0 Å². The molecule has 0 aliphatic carbocycles. The number of oxime groups is 1. The highest BCUT2D eigenvalue weighted by molar-refractivity contribution is 5.77. The molecule has 0 aromatic heterocycles. The van der Waals surface area contributed by atoms with Gasteiger partial charge in [-0.2, -0.15) is 0 Å². The summed E-state index contributed by atoms with van der Waals surface area (Å²) in [7, 11) is 0. The Morgan fingerprint density at radius 3 is 2.43 bits per heavy atom. The van der Waals surface area contributed by atoms with Crippen molar-refractivity contribution in [2.75, 3.05) is 0 Å². The number of hydrogen-bond acceptors (Lipinski definition) is 3. The molecule has 0 radical (unpaired) electrons. The van der Waals surface area contributed by atoms with Crippen LogP contribution in [0.25, 0.3) is 0 Å². The second-order valence-corrected chi connectivity index (χ2v) is 3.14. The SMILES string of the molecule is CCCCCCCC(=O)ON=C(N)N. The van der Waals surface area contributed by atoms with Gasteiger partial charge in [-0.05, 0) is 11.6 Å². The maximum absolute atomic E-state index is 10.9. The first-order valence-corrected chi connectivity index (χ1v) is 4.95. The molecule has 0 aliphatic rings. The monoisotopic (exact) mass is 201 g/mol. The van der Waals surface area contributed by atoms with Gasteiger partial charge in [0.1, 0.15) is 0 Å². The zero-order chi connectivity index (χ0) is 10.8. The third-order valence-corrected chi connectivity index (χ3v) is 1.74. The summed E-state index contributed by atoms with van der Waals surface area (Å²) in [5.74, 6) is -0.612. The van der Waals surface area contributed by atoms with Gasteiger partial charge >= 0.3 is 5.97 Å². The minimum absolute atomic E-state index is 0.232. The minimum atomic E-state index is -0.380. The summed E-state index contributed by atoms with van der Waals surface area (Å²) < 4.78 is 0. The lowest BCUT2D eigenvalue weighted by Gasteiger charge is -1.98. The van der Waals surface area contributed by atoms with Crippen LogP contribution in [-0.4, -0.2) is 11.9 Å². The van der Waals surface area contributed by atoms with E-state index in [-0.39, 0.29) is 11.9 Å². The highest BCUT2D eigenvalue weighted by Gasteiger charge is 2.01. The molecule has 0 bridgehead atoms. The molecule has 0 saturated carbocycles. The van der Waals surface area contributed by atoms with Crippen molar-refractivity contribution in [1.82, 2.24) is 0 Å². The molecular formula is C9H19N3O2. The van der Waals surface area contributed by atoms with E-state index in [0.717, 1.165) is 19.3 Å². The van der Waals surface area contributed by atoms with Crippen molar-refractivity contribution in [2.24, 2.45) is 16.6 Å². The van der Waals surface area contributed by atoms with Gasteiger partial charge in [-0.3, -0.25) is 0 Å². The van der Waals surface area contributed by atoms with Crippen molar-refractivity contribution < 1.29 is 9.63 Å². The largest absolute Gasteiger partial charge is 0.367 e. The molecule has 0 saturated heterocycles. The fraction of sp³-hybridized carbons (Fsp3) is 0.778. The van der Waals surface area contributed by atoms with E-state index in [2.05, 4.69) is 16.9 Å². The van der Waals surface area contributed by atoms with Crippen molar-refractivity contribution >= 4 is 11.9 Å². The Labute approximate surface area is 84.5 Å². The van der Waals surface area contributed by atoms with Crippen molar-refractivity contribution in [3.63, 3.8) is 0 Å². The van der Waals surface area contributed by atoms with Crippen LogP contribution in [0.4, 0.5) is 0 Å². The van der Waals surface area contributed by atoms with Gasteiger partial charge in [0.15, 0.2) is 0 Å². The molecular weight excluding hydrogens is 182 g/mol. The quantitative estimate of drug-likeness (QED) is 0.212. The lowest BCUT2D eigenvalue weighted by molar-refractivity contribution is -0.143. The number of hydrogen-bond donors (Lipinski definition) is 2. The maximum atomic E-state index is 10.9. The highest BCUT2D eigenvalue weighted by Crippen LogP contribution is 2.05. The van der Waals surface area contributed by atoms with E-state index in [1.54, 1.807) is 0 Å². The molecule has 0 atom stereocenters. The molecule has 0 aromatic rings. The van der Waals surface area contributed by atoms with E-state index in [1.807, 2.05) is 0 Å². The summed E-state index contributed by atoms with van der Waals surface area (Å²) in [5.41, 5.74) is 9.97. The lowest BCUT2D eigenvalue weighted by Crippen LogP contribution is -2.23. The smallest absolute Gasteiger partial charge is 0.335 e. The zero-order valence-corrected chi connectivity index (χ0v) is 8.66. The Kier molecular flexibility index (Phi) is 7.59. The zero-order valence-electron chi connectivity index (χ0n) is 8.66. The second-order valence-electron chi connectivity index (χ2n) is 3.14. The van der Waals surface area contributed by atoms with Crippen LogP contribution in [0.5, 0.6) is 0 Å². The molecule has 0 amide bonds. The Bertz CT molecular complexity index is 188. The molecule has 5 heteroatoms. The van der Waals surface area contributed by atoms with E-state index in [4.69, 9.17) is 11.5 Å². The number of carbonyl (C=O) groups excluding carboxylic acids is 1. The summed E-state index contributed by atoms with van der Waals surface area (Å²) in [6.07, 6.45) is 5.82. The van der Waals surface area contributed by atoms with Crippen LogP contribution in [0.3, 0.4) is 0 Å². The standard InChI is InChI=1S/C9H19N3O2/c1-2-3-4-5-6-7-8(13)14-12-9(10)11/h2-7H2,1H3,(H4,10,11,12). The van der Waals surface area contributed by atoms with Gasteiger partial charge in [0.05, 0.1) is 0 Å². The highest BCUT2D eigenvalue weighted by atomic mass is 16.7.